The van der Waals surface area contributed by atoms with Crippen molar-refractivity contribution in [2.45, 2.75) is 0 Å². The number of aromatic nitrogens is 1. The molecule has 0 unspecified atom stereocenters. The minimum Gasteiger partial charge on any atom is -0.436 e. The van der Waals surface area contributed by atoms with Gasteiger partial charge in [-0.2, -0.15) is 0 Å². The molecule has 1 amide bonds. The largest absolute Gasteiger partial charge is 0.436 e. The molecule has 0 bridgehead atoms. The molecule has 7 heteroatoms. The summed E-state index contributed by atoms with van der Waals surface area (Å²) < 4.78 is 5.77. The first-order chi connectivity index (χ1) is 13.0. The maximum atomic E-state index is 12.4. The fourth-order valence-electron chi connectivity index (χ4n) is 2.61. The third kappa shape index (κ3) is 3.93. The van der Waals surface area contributed by atoms with Crippen molar-refractivity contribution in [1.82, 2.24) is 4.98 Å². The Labute approximate surface area is 169 Å². The molecule has 4 aromatic rings. The van der Waals surface area contributed by atoms with Crippen molar-refractivity contribution >= 4 is 57.5 Å². The number of anilines is 1. The molecule has 1 aromatic heterocycles. The van der Waals surface area contributed by atoms with E-state index in [4.69, 9.17) is 39.2 Å². The summed E-state index contributed by atoms with van der Waals surface area (Å²) >= 11 is 17.8. The van der Waals surface area contributed by atoms with Gasteiger partial charge in [-0.05, 0) is 60.7 Å². The van der Waals surface area contributed by atoms with Crippen molar-refractivity contribution < 1.29 is 9.21 Å². The lowest BCUT2D eigenvalue weighted by Crippen LogP contribution is -2.11. The maximum Gasteiger partial charge on any atom is 0.255 e. The van der Waals surface area contributed by atoms with E-state index in [-0.39, 0.29) is 5.91 Å². The van der Waals surface area contributed by atoms with Crippen molar-refractivity contribution in [1.29, 1.82) is 0 Å². The van der Waals surface area contributed by atoms with Gasteiger partial charge in [-0.1, -0.05) is 34.8 Å². The number of nitrogens with one attached hydrogen (secondary N) is 1. The average Bonchev–Trinajstić information content (AvgIpc) is 3.04. The maximum absolute atomic E-state index is 12.4. The smallest absolute Gasteiger partial charge is 0.255 e. The molecule has 0 saturated carbocycles. The SMILES string of the molecule is O=C(Nc1ccc2oc(-c3ccc(Cl)cc3)nc2c1)c1cc(Cl)cc(Cl)c1. The molecule has 0 aliphatic rings. The van der Waals surface area contributed by atoms with Gasteiger partial charge in [0.25, 0.3) is 5.91 Å². The van der Waals surface area contributed by atoms with Crippen LogP contribution in [-0.2, 0) is 0 Å². The highest BCUT2D eigenvalue weighted by Gasteiger charge is 2.12. The number of hydrogen-bond donors (Lipinski definition) is 1. The number of amides is 1. The van der Waals surface area contributed by atoms with Crippen LogP contribution >= 0.6 is 34.8 Å². The average molecular weight is 418 g/mol. The van der Waals surface area contributed by atoms with E-state index in [2.05, 4.69) is 10.3 Å². The van der Waals surface area contributed by atoms with Gasteiger partial charge in [0.2, 0.25) is 5.89 Å². The lowest BCUT2D eigenvalue weighted by molar-refractivity contribution is 0.102. The molecule has 0 spiro atoms. The third-order valence-corrected chi connectivity index (χ3v) is 4.55. The lowest BCUT2D eigenvalue weighted by Gasteiger charge is -2.06. The Kier molecular flexibility index (Phi) is 4.79. The van der Waals surface area contributed by atoms with Crippen LogP contribution in [0.4, 0.5) is 5.69 Å². The molecule has 0 radical (unpaired) electrons. The second-order valence-electron chi connectivity index (χ2n) is 5.82. The normalized spacial score (nSPS) is 10.9. The molecule has 0 aliphatic carbocycles. The van der Waals surface area contributed by atoms with Crippen LogP contribution < -0.4 is 5.32 Å². The highest BCUT2D eigenvalue weighted by molar-refractivity contribution is 6.35. The predicted molar refractivity (Wildman–Crippen MR) is 109 cm³/mol. The Morgan fingerprint density at radius 3 is 2.26 bits per heavy atom. The van der Waals surface area contributed by atoms with Crippen LogP contribution in [0.25, 0.3) is 22.6 Å². The fraction of sp³-hybridized carbons (Fsp3) is 0. The number of oxazole rings is 1. The van der Waals surface area contributed by atoms with Gasteiger partial charge in [-0.15, -0.1) is 0 Å². The second-order valence-corrected chi connectivity index (χ2v) is 7.13. The molecular formula is C20H11Cl3N2O2. The summed E-state index contributed by atoms with van der Waals surface area (Å²) in [5.74, 6) is 0.159. The number of benzene rings is 3. The summed E-state index contributed by atoms with van der Waals surface area (Å²) in [5.41, 5.74) is 3.01. The van der Waals surface area contributed by atoms with Crippen LogP contribution in [0.3, 0.4) is 0 Å². The summed E-state index contributed by atoms with van der Waals surface area (Å²) in [4.78, 5) is 16.9. The highest BCUT2D eigenvalue weighted by atomic mass is 35.5. The van der Waals surface area contributed by atoms with E-state index < -0.39 is 0 Å². The topological polar surface area (TPSA) is 55.1 Å². The summed E-state index contributed by atoms with van der Waals surface area (Å²) in [6, 6.07) is 17.1. The number of rotatable bonds is 3. The van der Waals surface area contributed by atoms with Crippen LogP contribution in [-0.4, -0.2) is 10.9 Å². The molecule has 27 heavy (non-hydrogen) atoms. The molecular weight excluding hydrogens is 407 g/mol. The van der Waals surface area contributed by atoms with Crippen molar-refractivity contribution in [3.8, 4) is 11.5 Å². The molecule has 0 atom stereocenters. The number of carbonyl (C=O) groups is 1. The first-order valence-corrected chi connectivity index (χ1v) is 9.05. The van der Waals surface area contributed by atoms with Crippen LogP contribution in [0, 0.1) is 0 Å². The van der Waals surface area contributed by atoms with Crippen LogP contribution in [0.15, 0.2) is 65.1 Å². The van der Waals surface area contributed by atoms with Gasteiger partial charge >= 0.3 is 0 Å². The molecule has 0 saturated heterocycles. The Balaban J connectivity index is 1.61. The molecule has 4 rings (SSSR count). The van der Waals surface area contributed by atoms with Crippen molar-refractivity contribution in [3.05, 3.63) is 81.3 Å². The van der Waals surface area contributed by atoms with Gasteiger partial charge in [0.1, 0.15) is 5.52 Å². The van der Waals surface area contributed by atoms with Crippen molar-refractivity contribution in [2.75, 3.05) is 5.32 Å². The number of nitrogens with zero attached hydrogens (tertiary/aromatic N) is 1. The van der Waals surface area contributed by atoms with Gasteiger partial charge < -0.3 is 9.73 Å². The Hall–Kier alpha value is -2.53. The fourth-order valence-corrected chi connectivity index (χ4v) is 3.26. The van der Waals surface area contributed by atoms with E-state index >= 15 is 0 Å². The Bertz CT molecular complexity index is 1130. The van der Waals surface area contributed by atoms with E-state index in [0.717, 1.165) is 5.56 Å². The van der Waals surface area contributed by atoms with Gasteiger partial charge in [0, 0.05) is 31.9 Å². The number of hydrogen-bond acceptors (Lipinski definition) is 3. The number of carbonyl (C=O) groups excluding carboxylic acids is 1. The van der Waals surface area contributed by atoms with E-state index in [1.165, 1.54) is 0 Å². The first-order valence-electron chi connectivity index (χ1n) is 7.92. The first kappa shape index (κ1) is 17.9. The predicted octanol–water partition coefficient (Wildman–Crippen LogP) is 6.71. The van der Waals surface area contributed by atoms with E-state index in [1.54, 1.807) is 48.5 Å². The molecule has 0 fully saturated rings. The number of fused-ring (bicyclic) bond motifs is 1. The summed E-state index contributed by atoms with van der Waals surface area (Å²) in [6.07, 6.45) is 0. The molecule has 1 heterocycles. The number of halogens is 3. The minimum atomic E-state index is -0.319. The minimum absolute atomic E-state index is 0.319. The summed E-state index contributed by atoms with van der Waals surface area (Å²) in [7, 11) is 0. The monoisotopic (exact) mass is 416 g/mol. The quantitative estimate of drug-likeness (QED) is 0.403. The van der Waals surface area contributed by atoms with E-state index in [9.17, 15) is 4.79 Å². The zero-order valence-electron chi connectivity index (χ0n) is 13.7. The highest BCUT2D eigenvalue weighted by Crippen LogP contribution is 2.27. The van der Waals surface area contributed by atoms with Crippen LogP contribution in [0.2, 0.25) is 15.1 Å². The summed E-state index contributed by atoms with van der Waals surface area (Å²) in [6.45, 7) is 0. The van der Waals surface area contributed by atoms with Gasteiger partial charge in [-0.3, -0.25) is 4.79 Å². The van der Waals surface area contributed by atoms with E-state index in [1.807, 2.05) is 12.1 Å². The Morgan fingerprint density at radius 2 is 1.56 bits per heavy atom. The zero-order valence-corrected chi connectivity index (χ0v) is 15.9. The molecule has 0 aliphatic heterocycles. The molecule has 3 aromatic carbocycles. The van der Waals surface area contributed by atoms with Gasteiger partial charge in [0.05, 0.1) is 0 Å². The summed E-state index contributed by atoms with van der Waals surface area (Å²) in [5, 5.41) is 4.24. The van der Waals surface area contributed by atoms with Crippen molar-refractivity contribution in [3.63, 3.8) is 0 Å². The zero-order chi connectivity index (χ0) is 19.0. The third-order valence-electron chi connectivity index (χ3n) is 3.86. The van der Waals surface area contributed by atoms with Crippen molar-refractivity contribution in [2.24, 2.45) is 0 Å². The molecule has 134 valence electrons. The van der Waals surface area contributed by atoms with Crippen LogP contribution in [0.1, 0.15) is 10.4 Å². The molecule has 4 nitrogen and oxygen atoms in total. The molecule has 1 N–H and O–H groups in total. The standard InChI is InChI=1S/C20H11Cl3N2O2/c21-13-3-1-11(2-4-13)20-25-17-10-16(5-6-18(17)27-20)24-19(26)12-7-14(22)9-15(23)8-12/h1-10H,(H,24,26). The second kappa shape index (κ2) is 7.24. The van der Waals surface area contributed by atoms with Gasteiger partial charge in [-0.25, -0.2) is 4.98 Å². The van der Waals surface area contributed by atoms with Crippen LogP contribution in [0.5, 0.6) is 0 Å². The van der Waals surface area contributed by atoms with E-state index in [0.29, 0.717) is 43.3 Å². The van der Waals surface area contributed by atoms with Gasteiger partial charge in [0.15, 0.2) is 5.58 Å². The lowest BCUT2D eigenvalue weighted by atomic mass is 10.2. The Morgan fingerprint density at radius 1 is 0.852 bits per heavy atom.